The summed E-state index contributed by atoms with van der Waals surface area (Å²) in [4.78, 5) is 214. The van der Waals surface area contributed by atoms with Crippen LogP contribution in [-0.4, -0.2) is 275 Å². The zero-order chi connectivity index (χ0) is 103. The molecule has 12 saturated heterocycles. The maximum atomic E-state index is 13.6. The molecule has 16 rings (SSSR count). The molecule has 0 radical (unpaired) electrons. The third kappa shape index (κ3) is 24.8. The predicted octanol–water partition coefficient (Wildman–Crippen LogP) is 0.119. The van der Waals surface area contributed by atoms with E-state index in [1.807, 2.05) is 128 Å². The van der Waals surface area contributed by atoms with E-state index in [1.165, 1.54) is 56.1 Å². The number of nitrogens with one attached hydrogen (secondary N) is 9. The highest BCUT2D eigenvalue weighted by Crippen LogP contribution is 2.49. The first-order valence-corrected chi connectivity index (χ1v) is 48.9. The summed E-state index contributed by atoms with van der Waals surface area (Å²) >= 11 is 0. The van der Waals surface area contributed by atoms with Crippen molar-refractivity contribution in [3.63, 3.8) is 0 Å². The van der Waals surface area contributed by atoms with E-state index in [1.54, 1.807) is 36.5 Å². The largest absolute Gasteiger partial charge is 0.380 e. The molecule has 0 aliphatic carbocycles. The second kappa shape index (κ2) is 51.4. The average Bonchev–Trinajstić information content (AvgIpc) is 1.59. The molecule has 40 nitrogen and oxygen atoms in total. The molecule has 147 heavy (non-hydrogen) atoms. The lowest BCUT2D eigenvalue weighted by molar-refractivity contribution is -0.459. The van der Waals surface area contributed by atoms with Crippen molar-refractivity contribution in [2.45, 2.75) is 160 Å². The number of fused-ring (bicyclic) bond motifs is 6. The number of carbonyl (C=O) groups excluding carboxylic acids is 15. The molecule has 40 heteroatoms. The zero-order valence-electron chi connectivity index (χ0n) is 80.9. The van der Waals surface area contributed by atoms with E-state index >= 15 is 0 Å². The summed E-state index contributed by atoms with van der Waals surface area (Å²) in [6.45, 7) is 29.9. The van der Waals surface area contributed by atoms with E-state index < -0.39 is 192 Å². The van der Waals surface area contributed by atoms with Crippen molar-refractivity contribution in [2.24, 2.45) is 88.2 Å². The molecular formula is C107H135N18O22+3. The lowest BCUT2D eigenvalue weighted by atomic mass is 9.87. The number of rotatable bonds is 39. The predicted molar refractivity (Wildman–Crippen MR) is 537 cm³/mol. The maximum Gasteiger partial charge on any atom is 0.379 e. The molecule has 0 saturated carbocycles. The minimum Gasteiger partial charge on any atom is -0.380 e. The van der Waals surface area contributed by atoms with Gasteiger partial charge in [-0.15, -0.1) is 39.5 Å². The van der Waals surface area contributed by atoms with Crippen LogP contribution in [0.2, 0.25) is 0 Å². The minimum atomic E-state index is -0.821. The molecular weight excluding hydrogens is 1890 g/mol. The third-order valence-electron chi connectivity index (χ3n) is 27.7. The third-order valence-corrected chi connectivity index (χ3v) is 27.7. The molecule has 18 amide bonds. The molecule has 24 unspecified atom stereocenters. The molecule has 0 bridgehead atoms. The van der Waals surface area contributed by atoms with Crippen LogP contribution in [0.1, 0.15) is 83.1 Å². The number of hydrogen-bond donors (Lipinski definition) is 12. The fourth-order valence-electron chi connectivity index (χ4n) is 20.7. The Morgan fingerprint density at radius 3 is 0.782 bits per heavy atom. The van der Waals surface area contributed by atoms with Gasteiger partial charge in [0.1, 0.15) is 0 Å². The van der Waals surface area contributed by atoms with Crippen molar-refractivity contribution in [1.82, 2.24) is 61.3 Å². The van der Waals surface area contributed by atoms with Crippen LogP contribution in [-0.2, 0) is 117 Å². The number of likely N-dealkylation sites (tertiary alicyclic amines) is 6. The van der Waals surface area contributed by atoms with Crippen molar-refractivity contribution < 1.29 is 120 Å². The first kappa shape index (κ1) is 111. The van der Waals surface area contributed by atoms with Gasteiger partial charge in [0.2, 0.25) is 70.9 Å². The van der Waals surface area contributed by atoms with Crippen molar-refractivity contribution in [1.29, 1.82) is 0 Å². The van der Waals surface area contributed by atoms with Crippen molar-refractivity contribution in [3.8, 4) is 0 Å². The average molecular weight is 2030 g/mol. The first-order valence-electron chi connectivity index (χ1n) is 48.9. The molecule has 12 heterocycles. The van der Waals surface area contributed by atoms with Gasteiger partial charge in [-0.1, -0.05) is 242 Å². The molecule has 15 N–H and O–H groups in total. The van der Waals surface area contributed by atoms with Gasteiger partial charge in [0.05, 0.1) is 210 Å². The van der Waals surface area contributed by atoms with Gasteiger partial charge in [-0.05, 0) is 35.1 Å². The van der Waals surface area contributed by atoms with Crippen molar-refractivity contribution >= 4 is 107 Å². The smallest absolute Gasteiger partial charge is 0.379 e. The van der Waals surface area contributed by atoms with Gasteiger partial charge in [0.15, 0.2) is 0 Å². The van der Waals surface area contributed by atoms with E-state index in [9.17, 15) is 71.9 Å². The van der Waals surface area contributed by atoms with Gasteiger partial charge in [0, 0.05) is 26.2 Å². The lowest BCUT2D eigenvalue weighted by Crippen LogP contribution is -2.81. The topological polar surface area (TPSA) is 532 Å². The maximum absolute atomic E-state index is 13.6. The molecule has 4 aromatic rings. The molecule has 0 aromatic heterocycles. The first-order chi connectivity index (χ1) is 70.1. The number of nitrogens with two attached hydrogens (primary N) is 3. The van der Waals surface area contributed by atoms with Gasteiger partial charge in [-0.25, -0.2) is 14.4 Å². The highest BCUT2D eigenvalue weighted by atomic mass is 16.5. The van der Waals surface area contributed by atoms with E-state index in [-0.39, 0.29) is 133 Å². The summed E-state index contributed by atoms with van der Waals surface area (Å²) in [5.41, 5.74) is 21.1. The highest BCUT2D eigenvalue weighted by Gasteiger charge is 2.65. The number of hydrogen-bond acceptors (Lipinski definition) is 22. The second-order valence-corrected chi connectivity index (χ2v) is 36.7. The molecule has 4 aromatic carbocycles. The number of imide groups is 6. The number of carbonyl (C=O) groups is 15. The summed E-state index contributed by atoms with van der Waals surface area (Å²) in [5, 5.41) is 15.5. The number of nitrogens with zero attached hydrogens (tertiary/aromatic N) is 6. The van der Waals surface area contributed by atoms with Crippen LogP contribution >= 0.6 is 0 Å². The van der Waals surface area contributed by atoms with Crippen LogP contribution < -0.4 is 64.1 Å². The van der Waals surface area contributed by atoms with Crippen LogP contribution in [0.3, 0.4) is 0 Å². The number of benzene rings is 4. The Morgan fingerprint density at radius 1 is 0.306 bits per heavy atom. The van der Waals surface area contributed by atoms with Crippen LogP contribution in [0.15, 0.2) is 234 Å². The molecule has 12 aliphatic heterocycles. The number of unbranched alkanes of at least 4 members (excludes halogenated alkanes) is 3. The molecule has 24 atom stereocenters. The van der Waals surface area contributed by atoms with E-state index in [0.717, 1.165) is 64.2 Å². The molecule has 12 fully saturated rings. The Labute approximate surface area is 853 Å². The van der Waals surface area contributed by atoms with Gasteiger partial charge in [-0.3, -0.25) is 119 Å². The summed E-state index contributed by atoms with van der Waals surface area (Å²) < 4.78 is 41.8. The Morgan fingerprint density at radius 2 is 0.537 bits per heavy atom. The Bertz CT molecular complexity index is 5530. The second-order valence-electron chi connectivity index (χ2n) is 36.7. The SMILES string of the molecule is C.C.C=CC1OC(/C=C\C2OC(C=C)C3C(=O)N(Cc4ccccc4)C(=O)C23)C2C(=O)N(CC[NH+]=C(N)NC(=O)NCCCCCC)C(=O)C12.C=CC1OC(/C=C\C2OC(C=C)C3C(=O)N(Cc4ccccc4)C(=O)C23)C2C(=O)N(CC[NH+]=C(N)NC(=O)NCCOCCC)C(=O)C12.C=CC1OC(/C=C\C2OC(C=C)C3C(=O)N(Cc4ccccc4)C(=O)C23)C2C(=O)N(CC[NH+]=C(N)NC(=O)NCc3ccccc3)C(=O)C12. The number of amides is 18. The normalized spacial score (nSPS) is 29.3. The minimum absolute atomic E-state index is 0. The summed E-state index contributed by atoms with van der Waals surface area (Å²) in [6.07, 6.45) is 15.2. The van der Waals surface area contributed by atoms with Crippen LogP contribution in [0.5, 0.6) is 0 Å². The Kier molecular flexibility index (Phi) is 38.8. The van der Waals surface area contributed by atoms with Crippen LogP contribution in [0.25, 0.3) is 0 Å². The standard InChI is InChI=1S/C36H38N6O7.C35H44N6O7.C34H42N6O8.2CH4/c1-3-23-27-29(32(44)41(31(27)43)18-17-38-35(37)40-36(47)39-19-21-11-7-5-8-12-21)25(48-23)15-16-26-30-28(24(4-2)49-26)33(45)42(34(30)46)20-22-13-9-6-10-14-22;1-4-7-8-12-17-38-35(46)39-34(36)37-18-19-40-30(42)26-22(5-2)47-24(28(26)31(40)43)15-16-25-29-27(23(6-3)48-25)32(44)41(33(29)45)20-21-13-10-9-11-14-21;1-4-17-46-18-15-37-34(45)38-33(35)36-14-16-39-29(41)25-21(5-2)47-23(27(25)30(39)42)12-13-24-28-26(22(6-3)48-24)31(43)40(32(28)44)19-20-10-8-7-9-11-20;;/h3-16,23-30H,1-2,17-20H2,(H4,37,38,39,40,47);5-6,9-11,13-16,22-29H,2-4,7-8,12,17-20H2,1H3,(H4,36,37,38,39,46);5-13,21-28H,2-4,14-19H2,1H3,(H4,35,36,37,38,45);2*1H4/p+3/b2*16-15-;13-12-;;. The van der Waals surface area contributed by atoms with Gasteiger partial charge < -0.3 is 49.1 Å². The lowest BCUT2D eigenvalue weighted by Gasteiger charge is -2.20. The molecule has 0 spiro atoms. The van der Waals surface area contributed by atoms with Crippen molar-refractivity contribution in [2.75, 3.05) is 65.6 Å². The summed E-state index contributed by atoms with van der Waals surface area (Å²) in [7, 11) is 0. The highest BCUT2D eigenvalue weighted by molar-refractivity contribution is 6.11. The molecule has 12 aliphatic rings. The number of ether oxygens (including phenoxy) is 7. The monoisotopic (exact) mass is 2020 g/mol. The Balaban J connectivity index is 0.000000195. The summed E-state index contributed by atoms with van der Waals surface area (Å²) in [6, 6.07) is 35.7. The summed E-state index contributed by atoms with van der Waals surface area (Å²) in [5.74, 6) is -13.6. The van der Waals surface area contributed by atoms with E-state index in [2.05, 4.69) is 93.3 Å². The van der Waals surface area contributed by atoms with Crippen LogP contribution in [0, 0.1) is 71.0 Å². The van der Waals surface area contributed by atoms with Gasteiger partial charge >= 0.3 is 36.0 Å². The van der Waals surface area contributed by atoms with E-state index in [0.29, 0.717) is 32.8 Å². The Hall–Kier alpha value is -14.7. The number of urea groups is 3. The fraction of sp³-hybridized carbons (Fsp3) is 0.439. The quantitative estimate of drug-likeness (QED) is 0.00928. The number of guanidine groups is 3. The zero-order valence-corrected chi connectivity index (χ0v) is 80.9. The van der Waals surface area contributed by atoms with Gasteiger partial charge in [-0.2, -0.15) is 16.0 Å². The van der Waals surface area contributed by atoms with E-state index in [4.69, 9.17) is 50.4 Å². The fourth-order valence-corrected chi connectivity index (χ4v) is 20.7. The van der Waals surface area contributed by atoms with Gasteiger partial charge in [0.25, 0.3) is 0 Å². The molecule has 782 valence electrons. The van der Waals surface area contributed by atoms with Crippen molar-refractivity contribution in [3.05, 3.63) is 256 Å². The van der Waals surface area contributed by atoms with Crippen LogP contribution in [0.4, 0.5) is 14.4 Å².